The fourth-order valence-electron chi connectivity index (χ4n) is 2.10. The molecule has 3 rings (SSSR count). The molecule has 0 aliphatic heterocycles. The van der Waals surface area contributed by atoms with Gasteiger partial charge in [-0.1, -0.05) is 29.8 Å². The molecule has 1 amide bonds. The van der Waals surface area contributed by atoms with Crippen LogP contribution in [-0.4, -0.2) is 21.1 Å². The van der Waals surface area contributed by atoms with Gasteiger partial charge in [-0.3, -0.25) is 14.9 Å². The van der Waals surface area contributed by atoms with Crippen molar-refractivity contribution in [2.75, 3.05) is 0 Å². The monoisotopic (exact) mass is 312 g/mol. The number of nitrogens with one attached hydrogen (secondary N) is 2. The van der Waals surface area contributed by atoms with Crippen LogP contribution in [0.2, 0.25) is 5.02 Å². The van der Waals surface area contributed by atoms with Gasteiger partial charge in [0.05, 0.1) is 17.5 Å². The average molecular weight is 313 g/mol. The van der Waals surface area contributed by atoms with Crippen molar-refractivity contribution in [3.8, 4) is 11.3 Å². The number of hydrogen-bond donors (Lipinski definition) is 2. The number of benzene rings is 1. The Morgan fingerprint density at radius 1 is 1.23 bits per heavy atom. The van der Waals surface area contributed by atoms with Gasteiger partial charge in [-0.05, 0) is 23.8 Å². The van der Waals surface area contributed by atoms with Crippen LogP contribution in [0.25, 0.3) is 11.3 Å². The third kappa shape index (κ3) is 3.15. The Bertz CT molecular complexity index is 786. The van der Waals surface area contributed by atoms with Crippen molar-refractivity contribution in [1.82, 2.24) is 20.5 Å². The highest BCUT2D eigenvalue weighted by molar-refractivity contribution is 6.30. The van der Waals surface area contributed by atoms with Gasteiger partial charge < -0.3 is 5.32 Å². The number of carbonyl (C=O) groups is 1. The van der Waals surface area contributed by atoms with E-state index in [1.807, 2.05) is 24.3 Å². The molecule has 0 spiro atoms. The summed E-state index contributed by atoms with van der Waals surface area (Å²) >= 11 is 5.99. The number of H-pyrrole nitrogens is 1. The summed E-state index contributed by atoms with van der Waals surface area (Å²) in [5.74, 6) is -0.201. The van der Waals surface area contributed by atoms with E-state index >= 15 is 0 Å². The maximum absolute atomic E-state index is 12.3. The molecule has 0 aliphatic rings. The lowest BCUT2D eigenvalue weighted by molar-refractivity contribution is 0.0951. The van der Waals surface area contributed by atoms with E-state index in [4.69, 9.17) is 11.6 Å². The molecule has 0 saturated carbocycles. The van der Waals surface area contributed by atoms with Gasteiger partial charge in [0.25, 0.3) is 5.91 Å². The van der Waals surface area contributed by atoms with Crippen LogP contribution in [0.3, 0.4) is 0 Å². The van der Waals surface area contributed by atoms with Crippen LogP contribution in [0, 0.1) is 0 Å². The molecule has 2 aromatic heterocycles. The lowest BCUT2D eigenvalue weighted by Gasteiger charge is -2.06. The van der Waals surface area contributed by atoms with E-state index in [-0.39, 0.29) is 5.91 Å². The second-order valence-corrected chi connectivity index (χ2v) is 5.15. The predicted octanol–water partition coefficient (Wildman–Crippen LogP) is 3.06. The standard InChI is InChI=1S/C16H13ClN4O/c17-13-5-1-4-12(7-13)15-14(10-20-21-15)16(22)19-9-11-3-2-6-18-8-11/h1-8,10H,9H2,(H,19,22)(H,20,21). The minimum Gasteiger partial charge on any atom is -0.348 e. The molecule has 0 saturated heterocycles. The molecule has 2 N–H and O–H groups in total. The van der Waals surface area contributed by atoms with E-state index in [1.54, 1.807) is 24.5 Å². The lowest BCUT2D eigenvalue weighted by Crippen LogP contribution is -2.23. The summed E-state index contributed by atoms with van der Waals surface area (Å²) in [6.07, 6.45) is 4.92. The van der Waals surface area contributed by atoms with Gasteiger partial charge >= 0.3 is 0 Å². The van der Waals surface area contributed by atoms with Crippen molar-refractivity contribution in [3.05, 3.63) is 71.1 Å². The first kappa shape index (κ1) is 14.3. The zero-order valence-corrected chi connectivity index (χ0v) is 12.3. The second-order valence-electron chi connectivity index (χ2n) is 4.71. The summed E-state index contributed by atoms with van der Waals surface area (Å²) in [5, 5.41) is 10.3. The molecule has 0 unspecified atom stereocenters. The average Bonchev–Trinajstić information content (AvgIpc) is 3.03. The van der Waals surface area contributed by atoms with Crippen molar-refractivity contribution in [2.45, 2.75) is 6.54 Å². The maximum Gasteiger partial charge on any atom is 0.255 e. The van der Waals surface area contributed by atoms with Gasteiger partial charge in [-0.25, -0.2) is 0 Å². The molecule has 0 aliphatic carbocycles. The lowest BCUT2D eigenvalue weighted by atomic mass is 10.1. The fraction of sp³-hybridized carbons (Fsp3) is 0.0625. The van der Waals surface area contributed by atoms with Crippen LogP contribution >= 0.6 is 11.6 Å². The second kappa shape index (κ2) is 6.41. The minimum atomic E-state index is -0.201. The molecule has 6 heteroatoms. The Morgan fingerprint density at radius 3 is 2.91 bits per heavy atom. The van der Waals surface area contributed by atoms with E-state index < -0.39 is 0 Å². The molecule has 1 aromatic carbocycles. The summed E-state index contributed by atoms with van der Waals surface area (Å²) in [7, 11) is 0. The molecule has 5 nitrogen and oxygen atoms in total. The summed E-state index contributed by atoms with van der Waals surface area (Å²) in [6.45, 7) is 0.410. The van der Waals surface area contributed by atoms with Gasteiger partial charge in [0.1, 0.15) is 0 Å². The van der Waals surface area contributed by atoms with Gasteiger partial charge in [0, 0.05) is 29.5 Å². The normalized spacial score (nSPS) is 10.4. The third-order valence-electron chi connectivity index (χ3n) is 3.17. The molecule has 0 fully saturated rings. The van der Waals surface area contributed by atoms with Crippen LogP contribution in [-0.2, 0) is 6.54 Å². The summed E-state index contributed by atoms with van der Waals surface area (Å²) in [6, 6.07) is 11.0. The Balaban J connectivity index is 1.78. The predicted molar refractivity (Wildman–Crippen MR) is 84.4 cm³/mol. The van der Waals surface area contributed by atoms with E-state index in [0.29, 0.717) is 22.8 Å². The summed E-state index contributed by atoms with van der Waals surface area (Å²) in [4.78, 5) is 16.3. The number of halogens is 1. The van der Waals surface area contributed by atoms with Crippen molar-refractivity contribution in [1.29, 1.82) is 0 Å². The highest BCUT2D eigenvalue weighted by Crippen LogP contribution is 2.23. The van der Waals surface area contributed by atoms with Crippen LogP contribution < -0.4 is 5.32 Å². The number of aromatic nitrogens is 3. The molecule has 0 radical (unpaired) electrons. The van der Waals surface area contributed by atoms with Crippen molar-refractivity contribution >= 4 is 17.5 Å². The highest BCUT2D eigenvalue weighted by Gasteiger charge is 2.15. The van der Waals surface area contributed by atoms with Crippen molar-refractivity contribution in [3.63, 3.8) is 0 Å². The number of hydrogen-bond acceptors (Lipinski definition) is 3. The van der Waals surface area contributed by atoms with Gasteiger partial charge in [-0.15, -0.1) is 0 Å². The summed E-state index contributed by atoms with van der Waals surface area (Å²) < 4.78 is 0. The van der Waals surface area contributed by atoms with Gasteiger partial charge in [0.2, 0.25) is 0 Å². The van der Waals surface area contributed by atoms with Crippen molar-refractivity contribution in [2.24, 2.45) is 0 Å². The number of nitrogens with zero attached hydrogens (tertiary/aromatic N) is 2. The van der Waals surface area contributed by atoms with E-state index in [0.717, 1.165) is 11.1 Å². The number of amides is 1. The fourth-order valence-corrected chi connectivity index (χ4v) is 2.29. The topological polar surface area (TPSA) is 70.7 Å². The number of carbonyl (C=O) groups excluding carboxylic acids is 1. The highest BCUT2D eigenvalue weighted by atomic mass is 35.5. The van der Waals surface area contributed by atoms with E-state index in [2.05, 4.69) is 20.5 Å². The number of pyridine rings is 1. The first-order valence-electron chi connectivity index (χ1n) is 6.70. The van der Waals surface area contributed by atoms with E-state index in [1.165, 1.54) is 6.20 Å². The zero-order valence-electron chi connectivity index (χ0n) is 11.6. The quantitative estimate of drug-likeness (QED) is 0.778. The number of rotatable bonds is 4. The van der Waals surface area contributed by atoms with Gasteiger partial charge in [-0.2, -0.15) is 5.10 Å². The zero-order chi connectivity index (χ0) is 15.4. The Labute approximate surface area is 132 Å². The Morgan fingerprint density at radius 2 is 2.14 bits per heavy atom. The first-order chi connectivity index (χ1) is 10.7. The molecule has 3 aromatic rings. The molecule has 2 heterocycles. The molecule has 110 valence electrons. The third-order valence-corrected chi connectivity index (χ3v) is 3.41. The van der Waals surface area contributed by atoms with Crippen LogP contribution in [0.15, 0.2) is 55.0 Å². The smallest absolute Gasteiger partial charge is 0.255 e. The van der Waals surface area contributed by atoms with Gasteiger partial charge in [0.15, 0.2) is 0 Å². The number of aromatic amines is 1. The van der Waals surface area contributed by atoms with E-state index in [9.17, 15) is 4.79 Å². The molecular formula is C16H13ClN4O. The van der Waals surface area contributed by atoms with Crippen LogP contribution in [0.4, 0.5) is 0 Å². The Kier molecular flexibility index (Phi) is 4.16. The van der Waals surface area contributed by atoms with Crippen LogP contribution in [0.1, 0.15) is 15.9 Å². The SMILES string of the molecule is O=C(NCc1cccnc1)c1cn[nH]c1-c1cccc(Cl)c1. The molecule has 0 bridgehead atoms. The van der Waals surface area contributed by atoms with Crippen LogP contribution in [0.5, 0.6) is 0 Å². The van der Waals surface area contributed by atoms with Crippen molar-refractivity contribution < 1.29 is 4.79 Å². The minimum absolute atomic E-state index is 0.201. The summed E-state index contributed by atoms with van der Waals surface area (Å²) in [5.41, 5.74) is 2.87. The molecule has 0 atom stereocenters. The first-order valence-corrected chi connectivity index (χ1v) is 7.08. The molecule has 22 heavy (non-hydrogen) atoms. The molecular weight excluding hydrogens is 300 g/mol. The Hall–Kier alpha value is -2.66. The maximum atomic E-state index is 12.3. The largest absolute Gasteiger partial charge is 0.348 e.